The molecular formula is C15H16N4O. The number of nitrogens with one attached hydrogen (secondary N) is 1. The van der Waals surface area contributed by atoms with E-state index in [9.17, 15) is 4.79 Å². The second-order valence-electron chi connectivity index (χ2n) is 4.47. The Kier molecular flexibility index (Phi) is 4.51. The predicted molar refractivity (Wildman–Crippen MR) is 74.7 cm³/mol. The van der Waals surface area contributed by atoms with Gasteiger partial charge in [0.15, 0.2) is 0 Å². The molecule has 0 spiro atoms. The van der Waals surface area contributed by atoms with Gasteiger partial charge in [0, 0.05) is 32.4 Å². The number of nitriles is 1. The average Bonchev–Trinajstić information content (AvgIpc) is 2.86. The van der Waals surface area contributed by atoms with Crippen LogP contribution in [0.25, 0.3) is 0 Å². The summed E-state index contributed by atoms with van der Waals surface area (Å²) < 4.78 is 1.91. The molecule has 2 rings (SSSR count). The topological polar surface area (TPSA) is 70.7 Å². The molecule has 5 nitrogen and oxygen atoms in total. The third-order valence-corrected chi connectivity index (χ3v) is 3.09. The second-order valence-corrected chi connectivity index (χ2v) is 4.47. The van der Waals surface area contributed by atoms with Crippen molar-refractivity contribution < 1.29 is 4.79 Å². The van der Waals surface area contributed by atoms with Gasteiger partial charge in [0.1, 0.15) is 11.7 Å². The molecule has 0 aliphatic heterocycles. The van der Waals surface area contributed by atoms with Crippen LogP contribution in [0.4, 0.5) is 0 Å². The van der Waals surface area contributed by atoms with E-state index in [0.717, 1.165) is 5.82 Å². The Morgan fingerprint density at radius 3 is 2.80 bits per heavy atom. The number of amides is 1. The fraction of sp³-hybridized carbons (Fsp3) is 0.267. The lowest BCUT2D eigenvalue weighted by Gasteiger charge is -2.10. The highest BCUT2D eigenvalue weighted by atomic mass is 16.1. The van der Waals surface area contributed by atoms with Crippen molar-refractivity contribution in [3.05, 3.63) is 54.1 Å². The monoisotopic (exact) mass is 268 g/mol. The molecule has 0 bridgehead atoms. The van der Waals surface area contributed by atoms with Crippen LogP contribution in [-0.4, -0.2) is 22.0 Å². The SMILES string of the molecule is Cn1ccnc1CCNC(=O)C(C#N)c1ccccc1. The Morgan fingerprint density at radius 2 is 2.20 bits per heavy atom. The van der Waals surface area contributed by atoms with Crippen LogP contribution in [-0.2, 0) is 18.3 Å². The van der Waals surface area contributed by atoms with E-state index in [1.165, 1.54) is 0 Å². The molecule has 1 unspecified atom stereocenters. The highest BCUT2D eigenvalue weighted by Crippen LogP contribution is 2.14. The molecule has 0 fully saturated rings. The van der Waals surface area contributed by atoms with E-state index in [1.54, 1.807) is 18.3 Å². The van der Waals surface area contributed by atoms with Crippen molar-refractivity contribution in [3.8, 4) is 6.07 Å². The smallest absolute Gasteiger partial charge is 0.241 e. The van der Waals surface area contributed by atoms with Gasteiger partial charge in [-0.1, -0.05) is 30.3 Å². The first-order valence-electron chi connectivity index (χ1n) is 6.41. The standard InChI is InChI=1S/C15H16N4O/c1-19-10-9-17-14(19)7-8-18-15(20)13(11-16)12-5-3-2-4-6-12/h2-6,9-10,13H,7-8H2,1H3,(H,18,20). The van der Waals surface area contributed by atoms with Gasteiger partial charge in [-0.05, 0) is 5.56 Å². The number of benzene rings is 1. The maximum atomic E-state index is 12.0. The van der Waals surface area contributed by atoms with Crippen molar-refractivity contribution in [3.63, 3.8) is 0 Å². The molecule has 0 saturated heterocycles. The highest BCUT2D eigenvalue weighted by molar-refractivity contribution is 5.86. The number of aromatic nitrogens is 2. The minimum atomic E-state index is -0.766. The molecule has 0 saturated carbocycles. The van der Waals surface area contributed by atoms with Crippen molar-refractivity contribution in [2.45, 2.75) is 12.3 Å². The maximum absolute atomic E-state index is 12.0. The zero-order valence-electron chi connectivity index (χ0n) is 11.3. The van der Waals surface area contributed by atoms with Gasteiger partial charge in [-0.15, -0.1) is 0 Å². The summed E-state index contributed by atoms with van der Waals surface area (Å²) in [6.45, 7) is 0.467. The van der Waals surface area contributed by atoms with Gasteiger partial charge in [0.2, 0.25) is 5.91 Å². The molecule has 2 aromatic rings. The van der Waals surface area contributed by atoms with E-state index < -0.39 is 5.92 Å². The van der Waals surface area contributed by atoms with E-state index in [1.807, 2.05) is 42.1 Å². The molecule has 1 aromatic heterocycles. The number of hydrogen-bond acceptors (Lipinski definition) is 3. The van der Waals surface area contributed by atoms with Crippen LogP contribution < -0.4 is 5.32 Å². The second kappa shape index (κ2) is 6.53. The fourth-order valence-electron chi connectivity index (χ4n) is 1.97. The van der Waals surface area contributed by atoms with Crippen LogP contribution in [0.1, 0.15) is 17.3 Å². The first-order valence-corrected chi connectivity index (χ1v) is 6.41. The third-order valence-electron chi connectivity index (χ3n) is 3.09. The van der Waals surface area contributed by atoms with Crippen LogP contribution >= 0.6 is 0 Å². The van der Waals surface area contributed by atoms with Crippen LogP contribution in [0.5, 0.6) is 0 Å². The molecule has 0 aliphatic carbocycles. The lowest BCUT2D eigenvalue weighted by molar-refractivity contribution is -0.121. The Balaban J connectivity index is 1.91. The summed E-state index contributed by atoms with van der Waals surface area (Å²) in [5.41, 5.74) is 0.712. The summed E-state index contributed by atoms with van der Waals surface area (Å²) in [5.74, 6) is -0.135. The van der Waals surface area contributed by atoms with Crippen molar-refractivity contribution in [1.82, 2.24) is 14.9 Å². The number of hydrogen-bond donors (Lipinski definition) is 1. The first kappa shape index (κ1) is 13.8. The number of imidazole rings is 1. The molecule has 20 heavy (non-hydrogen) atoms. The quantitative estimate of drug-likeness (QED) is 0.890. The van der Waals surface area contributed by atoms with E-state index in [-0.39, 0.29) is 5.91 Å². The van der Waals surface area contributed by atoms with E-state index in [2.05, 4.69) is 10.3 Å². The minimum Gasteiger partial charge on any atom is -0.354 e. The van der Waals surface area contributed by atoms with Gasteiger partial charge in [0.25, 0.3) is 0 Å². The fourth-order valence-corrected chi connectivity index (χ4v) is 1.97. The van der Waals surface area contributed by atoms with Crippen molar-refractivity contribution >= 4 is 5.91 Å². The van der Waals surface area contributed by atoms with E-state index in [0.29, 0.717) is 18.5 Å². The molecule has 1 heterocycles. The number of carbonyl (C=O) groups excluding carboxylic acids is 1. The molecule has 1 atom stereocenters. The van der Waals surface area contributed by atoms with Crippen molar-refractivity contribution in [2.75, 3.05) is 6.54 Å². The summed E-state index contributed by atoms with van der Waals surface area (Å²) in [5, 5.41) is 11.9. The van der Waals surface area contributed by atoms with Crippen LogP contribution in [0.3, 0.4) is 0 Å². The molecule has 0 aliphatic rings. The van der Waals surface area contributed by atoms with Gasteiger partial charge >= 0.3 is 0 Å². The van der Waals surface area contributed by atoms with Gasteiger partial charge < -0.3 is 9.88 Å². The van der Waals surface area contributed by atoms with Gasteiger partial charge in [-0.3, -0.25) is 4.79 Å². The Morgan fingerprint density at radius 1 is 1.45 bits per heavy atom. The first-order chi connectivity index (χ1) is 9.72. The summed E-state index contributed by atoms with van der Waals surface area (Å²) in [4.78, 5) is 16.2. The lowest BCUT2D eigenvalue weighted by Crippen LogP contribution is -2.30. The minimum absolute atomic E-state index is 0.270. The Bertz CT molecular complexity index is 612. The number of aryl methyl sites for hydroxylation is 1. The molecule has 1 aromatic carbocycles. The van der Waals surface area contributed by atoms with Gasteiger partial charge in [-0.25, -0.2) is 4.98 Å². The Labute approximate surface area is 117 Å². The summed E-state index contributed by atoms with van der Waals surface area (Å²) in [7, 11) is 1.91. The third kappa shape index (κ3) is 3.23. The number of carbonyl (C=O) groups is 1. The number of rotatable bonds is 5. The van der Waals surface area contributed by atoms with E-state index >= 15 is 0 Å². The van der Waals surface area contributed by atoms with Crippen LogP contribution in [0.2, 0.25) is 0 Å². The van der Waals surface area contributed by atoms with Crippen molar-refractivity contribution in [2.24, 2.45) is 7.05 Å². The molecule has 102 valence electrons. The maximum Gasteiger partial charge on any atom is 0.241 e. The molecule has 1 amide bonds. The van der Waals surface area contributed by atoms with E-state index in [4.69, 9.17) is 5.26 Å². The molecule has 0 radical (unpaired) electrons. The summed E-state index contributed by atoms with van der Waals surface area (Å²) in [6, 6.07) is 11.1. The summed E-state index contributed by atoms with van der Waals surface area (Å²) in [6.07, 6.45) is 4.22. The largest absolute Gasteiger partial charge is 0.354 e. The average molecular weight is 268 g/mol. The number of nitrogens with zero attached hydrogens (tertiary/aromatic N) is 3. The molecule has 5 heteroatoms. The van der Waals surface area contributed by atoms with Gasteiger partial charge in [0.05, 0.1) is 6.07 Å². The lowest BCUT2D eigenvalue weighted by atomic mass is 10.00. The predicted octanol–water partition coefficient (Wildman–Crippen LogP) is 1.39. The zero-order chi connectivity index (χ0) is 14.4. The summed E-state index contributed by atoms with van der Waals surface area (Å²) >= 11 is 0. The zero-order valence-corrected chi connectivity index (χ0v) is 11.3. The normalized spacial score (nSPS) is 11.6. The van der Waals surface area contributed by atoms with Gasteiger partial charge in [-0.2, -0.15) is 5.26 Å². The molecular weight excluding hydrogens is 252 g/mol. The van der Waals surface area contributed by atoms with Crippen molar-refractivity contribution in [1.29, 1.82) is 5.26 Å². The van der Waals surface area contributed by atoms with Crippen LogP contribution in [0, 0.1) is 11.3 Å². The Hall–Kier alpha value is -2.61. The molecule has 1 N–H and O–H groups in total. The van der Waals surface area contributed by atoms with Crippen LogP contribution in [0.15, 0.2) is 42.7 Å². The highest BCUT2D eigenvalue weighted by Gasteiger charge is 2.19.